The predicted octanol–water partition coefficient (Wildman–Crippen LogP) is 3.33. The molecule has 4 heteroatoms. The molecule has 15 heavy (non-hydrogen) atoms. The molecule has 1 atom stereocenters. The van der Waals surface area contributed by atoms with E-state index in [1.165, 1.54) is 19.3 Å². The van der Waals surface area contributed by atoms with Crippen LogP contribution in [0.4, 0.5) is 0 Å². The van der Waals surface area contributed by atoms with Crippen LogP contribution in [-0.4, -0.2) is 11.2 Å². The lowest BCUT2D eigenvalue weighted by Gasteiger charge is -2.28. The Morgan fingerprint density at radius 1 is 1.40 bits per heavy atom. The van der Waals surface area contributed by atoms with Gasteiger partial charge in [0.15, 0.2) is 0 Å². The third-order valence-electron chi connectivity index (χ3n) is 3.24. The van der Waals surface area contributed by atoms with Crippen molar-refractivity contribution in [3.8, 4) is 0 Å². The Kier molecular flexibility index (Phi) is 5.43. The van der Waals surface area contributed by atoms with Gasteiger partial charge in [-0.1, -0.05) is 39.0 Å². The van der Waals surface area contributed by atoms with Crippen molar-refractivity contribution in [2.45, 2.75) is 64.4 Å². The van der Waals surface area contributed by atoms with Gasteiger partial charge in [-0.15, -0.1) is 10.1 Å². The zero-order valence-electron chi connectivity index (χ0n) is 9.48. The van der Waals surface area contributed by atoms with Crippen molar-refractivity contribution in [3.05, 3.63) is 10.1 Å². The van der Waals surface area contributed by atoms with E-state index in [1.54, 1.807) is 0 Å². The van der Waals surface area contributed by atoms with Crippen LogP contribution in [0.2, 0.25) is 0 Å². The van der Waals surface area contributed by atoms with Crippen LogP contribution in [0.15, 0.2) is 0 Å². The molecule has 1 rings (SSSR count). The molecule has 0 aliphatic heterocycles. The Bertz CT molecular complexity index is 190. The molecule has 0 aromatic rings. The SMILES string of the molecule is CCCCC(O[N+](=O)[O-])C1CCCCC1. The second-order valence-corrected chi connectivity index (χ2v) is 4.41. The fourth-order valence-electron chi connectivity index (χ4n) is 2.40. The highest BCUT2D eigenvalue weighted by Crippen LogP contribution is 2.30. The Labute approximate surface area is 91.1 Å². The monoisotopic (exact) mass is 215 g/mol. The van der Waals surface area contributed by atoms with E-state index < -0.39 is 5.09 Å². The number of hydrogen-bond acceptors (Lipinski definition) is 3. The fourth-order valence-corrected chi connectivity index (χ4v) is 2.40. The van der Waals surface area contributed by atoms with E-state index in [-0.39, 0.29) is 6.10 Å². The molecule has 0 bridgehead atoms. The lowest BCUT2D eigenvalue weighted by molar-refractivity contribution is -0.771. The zero-order valence-corrected chi connectivity index (χ0v) is 9.48. The second kappa shape index (κ2) is 6.64. The number of rotatable bonds is 6. The molecule has 0 saturated heterocycles. The highest BCUT2D eigenvalue weighted by molar-refractivity contribution is 4.73. The summed E-state index contributed by atoms with van der Waals surface area (Å²) in [6.07, 6.45) is 8.66. The minimum Gasteiger partial charge on any atom is -0.310 e. The predicted molar refractivity (Wildman–Crippen MR) is 58.0 cm³/mol. The van der Waals surface area contributed by atoms with Gasteiger partial charge in [-0.05, 0) is 25.2 Å². The molecular weight excluding hydrogens is 194 g/mol. The van der Waals surface area contributed by atoms with Crippen LogP contribution in [0.25, 0.3) is 0 Å². The fraction of sp³-hybridized carbons (Fsp3) is 1.00. The molecule has 4 nitrogen and oxygen atoms in total. The maximum Gasteiger partial charge on any atom is 0.294 e. The summed E-state index contributed by atoms with van der Waals surface area (Å²) in [7, 11) is 0. The lowest BCUT2D eigenvalue weighted by Crippen LogP contribution is -2.28. The standard InChI is InChI=1S/C11H21NO3/c1-2-3-9-11(15-12(13)14)10-7-5-4-6-8-10/h10-11H,2-9H2,1H3. The van der Waals surface area contributed by atoms with Gasteiger partial charge < -0.3 is 4.84 Å². The molecule has 1 unspecified atom stereocenters. The normalized spacial score (nSPS) is 19.8. The van der Waals surface area contributed by atoms with E-state index in [1.807, 2.05) is 0 Å². The van der Waals surface area contributed by atoms with E-state index in [9.17, 15) is 10.1 Å². The quantitative estimate of drug-likeness (QED) is 0.504. The lowest BCUT2D eigenvalue weighted by atomic mass is 9.83. The van der Waals surface area contributed by atoms with E-state index in [4.69, 9.17) is 4.84 Å². The Hall–Kier alpha value is -0.800. The molecule has 1 fully saturated rings. The summed E-state index contributed by atoms with van der Waals surface area (Å²) in [6.45, 7) is 2.10. The van der Waals surface area contributed by atoms with Crippen LogP contribution in [-0.2, 0) is 4.84 Å². The minimum absolute atomic E-state index is 0.153. The third kappa shape index (κ3) is 4.49. The summed E-state index contributed by atoms with van der Waals surface area (Å²) >= 11 is 0. The molecule has 0 aromatic carbocycles. The number of hydrogen-bond donors (Lipinski definition) is 0. The van der Waals surface area contributed by atoms with E-state index in [0.717, 1.165) is 32.1 Å². The van der Waals surface area contributed by atoms with Crippen molar-refractivity contribution in [1.82, 2.24) is 0 Å². The first kappa shape index (κ1) is 12.3. The van der Waals surface area contributed by atoms with Gasteiger partial charge in [0.2, 0.25) is 0 Å². The molecule has 1 saturated carbocycles. The minimum atomic E-state index is -0.616. The van der Waals surface area contributed by atoms with Gasteiger partial charge >= 0.3 is 0 Å². The van der Waals surface area contributed by atoms with E-state index >= 15 is 0 Å². The summed E-state index contributed by atoms with van der Waals surface area (Å²) in [4.78, 5) is 15.2. The van der Waals surface area contributed by atoms with Gasteiger partial charge in [0.05, 0.1) is 0 Å². The van der Waals surface area contributed by atoms with Crippen LogP contribution < -0.4 is 0 Å². The molecular formula is C11H21NO3. The van der Waals surface area contributed by atoms with Crippen molar-refractivity contribution in [3.63, 3.8) is 0 Å². The van der Waals surface area contributed by atoms with Gasteiger partial charge in [0.25, 0.3) is 5.09 Å². The average Bonchev–Trinajstić information content (AvgIpc) is 2.25. The van der Waals surface area contributed by atoms with Crippen molar-refractivity contribution in [1.29, 1.82) is 0 Å². The molecule has 0 spiro atoms. The van der Waals surface area contributed by atoms with Gasteiger partial charge in [-0.3, -0.25) is 0 Å². The van der Waals surface area contributed by atoms with Crippen LogP contribution in [0.1, 0.15) is 58.3 Å². The first-order chi connectivity index (χ1) is 7.24. The molecule has 1 aliphatic rings. The summed E-state index contributed by atoms with van der Waals surface area (Å²) in [5.41, 5.74) is 0. The molecule has 0 heterocycles. The summed E-state index contributed by atoms with van der Waals surface area (Å²) in [6, 6.07) is 0. The largest absolute Gasteiger partial charge is 0.310 e. The van der Waals surface area contributed by atoms with Crippen molar-refractivity contribution in [2.24, 2.45) is 5.92 Å². The summed E-state index contributed by atoms with van der Waals surface area (Å²) in [5, 5.41) is 9.78. The van der Waals surface area contributed by atoms with Crippen molar-refractivity contribution >= 4 is 0 Å². The number of unbranched alkanes of at least 4 members (excludes halogenated alkanes) is 1. The smallest absolute Gasteiger partial charge is 0.294 e. The average molecular weight is 215 g/mol. The maximum absolute atomic E-state index is 10.4. The Balaban J connectivity index is 2.41. The summed E-state index contributed by atoms with van der Waals surface area (Å²) < 4.78 is 0. The molecule has 0 amide bonds. The maximum atomic E-state index is 10.4. The molecule has 88 valence electrons. The Morgan fingerprint density at radius 2 is 2.07 bits per heavy atom. The Morgan fingerprint density at radius 3 is 2.60 bits per heavy atom. The van der Waals surface area contributed by atoms with Gasteiger partial charge in [-0.2, -0.15) is 0 Å². The second-order valence-electron chi connectivity index (χ2n) is 4.41. The van der Waals surface area contributed by atoms with Crippen LogP contribution in [0.3, 0.4) is 0 Å². The topological polar surface area (TPSA) is 52.4 Å². The van der Waals surface area contributed by atoms with Crippen LogP contribution in [0.5, 0.6) is 0 Å². The first-order valence-corrected chi connectivity index (χ1v) is 6.05. The third-order valence-corrected chi connectivity index (χ3v) is 3.24. The molecule has 0 aromatic heterocycles. The van der Waals surface area contributed by atoms with Gasteiger partial charge in [0, 0.05) is 0 Å². The van der Waals surface area contributed by atoms with E-state index in [0.29, 0.717) is 5.92 Å². The van der Waals surface area contributed by atoms with Crippen LogP contribution >= 0.6 is 0 Å². The van der Waals surface area contributed by atoms with Crippen molar-refractivity contribution in [2.75, 3.05) is 0 Å². The zero-order chi connectivity index (χ0) is 11.1. The molecule has 0 N–H and O–H groups in total. The highest BCUT2D eigenvalue weighted by Gasteiger charge is 2.25. The van der Waals surface area contributed by atoms with Gasteiger partial charge in [-0.25, -0.2) is 0 Å². The molecule has 1 aliphatic carbocycles. The van der Waals surface area contributed by atoms with E-state index in [2.05, 4.69) is 6.92 Å². The molecule has 0 radical (unpaired) electrons. The van der Waals surface area contributed by atoms with Gasteiger partial charge in [0.1, 0.15) is 6.10 Å². The number of nitrogens with zero attached hydrogens (tertiary/aromatic N) is 1. The van der Waals surface area contributed by atoms with Crippen LogP contribution in [0, 0.1) is 16.0 Å². The summed E-state index contributed by atoms with van der Waals surface area (Å²) in [5.74, 6) is 0.413. The first-order valence-electron chi connectivity index (χ1n) is 6.05. The van der Waals surface area contributed by atoms with Crippen molar-refractivity contribution < 1.29 is 9.92 Å². The highest BCUT2D eigenvalue weighted by atomic mass is 17.0.